The molecule has 1 N–H and O–H groups in total. The molecular formula is C31H49F4NO3. The minimum absolute atomic E-state index is 0.185. The first-order valence-corrected chi connectivity index (χ1v) is 14.9. The molecule has 0 radical (unpaired) electrons. The lowest BCUT2D eigenvalue weighted by Gasteiger charge is -2.22. The standard InChI is InChI=1S/C31H49F4NO3/c1-4-5-6-7-8-9-10-11-12-13-14-15-16-17-18-19-22-39-30(38)28(24(2)3)36-29(37)26-23-25(32)20-21-27(26)31(33,34)35/h20-21,23-24,28H,4-19,22H2,1-3H3,(H,36,37). The van der Waals surface area contributed by atoms with Crippen molar-refractivity contribution < 1.29 is 31.9 Å². The maximum Gasteiger partial charge on any atom is 0.417 e. The highest BCUT2D eigenvalue weighted by atomic mass is 19.4. The zero-order valence-corrected chi connectivity index (χ0v) is 24.1. The van der Waals surface area contributed by atoms with Crippen molar-refractivity contribution in [3.05, 3.63) is 35.1 Å². The average molecular weight is 560 g/mol. The molecule has 39 heavy (non-hydrogen) atoms. The molecule has 0 aromatic heterocycles. The molecule has 4 nitrogen and oxygen atoms in total. The minimum atomic E-state index is -4.83. The van der Waals surface area contributed by atoms with Crippen molar-refractivity contribution in [1.82, 2.24) is 5.32 Å². The average Bonchev–Trinajstić information content (AvgIpc) is 2.87. The van der Waals surface area contributed by atoms with Crippen LogP contribution in [0.4, 0.5) is 17.6 Å². The van der Waals surface area contributed by atoms with Crippen molar-refractivity contribution in [3.63, 3.8) is 0 Å². The molecule has 1 aromatic rings. The number of hydrogen-bond donors (Lipinski definition) is 1. The molecule has 0 saturated heterocycles. The predicted molar refractivity (Wildman–Crippen MR) is 148 cm³/mol. The van der Waals surface area contributed by atoms with E-state index in [4.69, 9.17) is 4.74 Å². The number of hydrogen-bond acceptors (Lipinski definition) is 3. The Morgan fingerprint density at radius 3 is 1.69 bits per heavy atom. The van der Waals surface area contributed by atoms with Gasteiger partial charge in [-0.3, -0.25) is 4.79 Å². The molecule has 0 spiro atoms. The molecule has 1 rings (SSSR count). The predicted octanol–water partition coefficient (Wildman–Crippen LogP) is 9.40. The van der Waals surface area contributed by atoms with Gasteiger partial charge in [-0.1, -0.05) is 117 Å². The fraction of sp³-hybridized carbons (Fsp3) is 0.742. The third kappa shape index (κ3) is 15.3. The van der Waals surface area contributed by atoms with Crippen LogP contribution in [0.2, 0.25) is 0 Å². The van der Waals surface area contributed by atoms with Gasteiger partial charge in [0.15, 0.2) is 0 Å². The summed E-state index contributed by atoms with van der Waals surface area (Å²) in [7, 11) is 0. The zero-order chi connectivity index (χ0) is 29.1. The maximum atomic E-state index is 13.6. The van der Waals surface area contributed by atoms with E-state index in [1.165, 1.54) is 77.0 Å². The van der Waals surface area contributed by atoms with Crippen molar-refractivity contribution in [2.45, 2.75) is 136 Å². The molecule has 0 aliphatic rings. The van der Waals surface area contributed by atoms with Gasteiger partial charge in [0.1, 0.15) is 11.9 Å². The lowest BCUT2D eigenvalue weighted by atomic mass is 10.0. The van der Waals surface area contributed by atoms with Crippen LogP contribution in [0.5, 0.6) is 0 Å². The summed E-state index contributed by atoms with van der Waals surface area (Å²) in [6.07, 6.45) is 14.9. The number of carbonyl (C=O) groups is 2. The van der Waals surface area contributed by atoms with E-state index in [-0.39, 0.29) is 6.61 Å². The van der Waals surface area contributed by atoms with Gasteiger partial charge in [-0.05, 0) is 30.5 Å². The number of halogens is 4. The number of nitrogens with one attached hydrogen (secondary N) is 1. The summed E-state index contributed by atoms with van der Waals surface area (Å²) in [5.74, 6) is -3.26. The van der Waals surface area contributed by atoms with Crippen molar-refractivity contribution in [3.8, 4) is 0 Å². The van der Waals surface area contributed by atoms with Crippen LogP contribution < -0.4 is 5.32 Å². The number of esters is 1. The molecule has 1 atom stereocenters. The third-order valence-electron chi connectivity index (χ3n) is 6.98. The topological polar surface area (TPSA) is 55.4 Å². The smallest absolute Gasteiger partial charge is 0.417 e. The van der Waals surface area contributed by atoms with Crippen molar-refractivity contribution in [2.75, 3.05) is 6.61 Å². The summed E-state index contributed by atoms with van der Waals surface area (Å²) in [5, 5.41) is 2.30. The molecule has 1 unspecified atom stereocenters. The first-order chi connectivity index (χ1) is 18.6. The van der Waals surface area contributed by atoms with Crippen molar-refractivity contribution >= 4 is 11.9 Å². The Morgan fingerprint density at radius 2 is 1.26 bits per heavy atom. The second kappa shape index (κ2) is 19.9. The second-order valence-electron chi connectivity index (χ2n) is 10.9. The summed E-state index contributed by atoms with van der Waals surface area (Å²) in [6, 6.07) is 0.552. The van der Waals surface area contributed by atoms with E-state index in [9.17, 15) is 27.2 Å². The molecule has 0 aliphatic heterocycles. The Bertz CT molecular complexity index is 827. The van der Waals surface area contributed by atoms with Crippen LogP contribution in [0.25, 0.3) is 0 Å². The highest BCUT2D eigenvalue weighted by molar-refractivity contribution is 5.98. The normalized spacial score (nSPS) is 12.5. The Morgan fingerprint density at radius 1 is 0.795 bits per heavy atom. The Balaban J connectivity index is 2.22. The van der Waals surface area contributed by atoms with Crippen molar-refractivity contribution in [2.24, 2.45) is 5.92 Å². The summed E-state index contributed by atoms with van der Waals surface area (Å²) in [4.78, 5) is 25.1. The first-order valence-electron chi connectivity index (χ1n) is 14.9. The lowest BCUT2D eigenvalue weighted by Crippen LogP contribution is -2.45. The van der Waals surface area contributed by atoms with Crippen LogP contribution in [0.3, 0.4) is 0 Å². The monoisotopic (exact) mass is 559 g/mol. The third-order valence-corrected chi connectivity index (χ3v) is 6.98. The number of benzene rings is 1. The Kier molecular flexibility index (Phi) is 17.8. The lowest BCUT2D eigenvalue weighted by molar-refractivity contribution is -0.147. The second-order valence-corrected chi connectivity index (χ2v) is 10.9. The SMILES string of the molecule is CCCCCCCCCCCCCCCCCCOC(=O)C(NC(=O)c1cc(F)ccc1C(F)(F)F)C(C)C. The van der Waals surface area contributed by atoms with Crippen LogP contribution in [0, 0.1) is 11.7 Å². The molecule has 224 valence electrons. The van der Waals surface area contributed by atoms with Crippen molar-refractivity contribution in [1.29, 1.82) is 0 Å². The number of amides is 1. The molecule has 0 saturated carbocycles. The van der Waals surface area contributed by atoms with Gasteiger partial charge < -0.3 is 10.1 Å². The number of unbranched alkanes of at least 4 members (excludes halogenated alkanes) is 15. The number of rotatable bonds is 21. The van der Waals surface area contributed by atoms with Gasteiger partial charge >= 0.3 is 12.1 Å². The van der Waals surface area contributed by atoms with E-state index >= 15 is 0 Å². The van der Waals surface area contributed by atoms with E-state index in [0.717, 1.165) is 19.3 Å². The van der Waals surface area contributed by atoms with Gasteiger partial charge in [0.2, 0.25) is 0 Å². The molecular weight excluding hydrogens is 510 g/mol. The van der Waals surface area contributed by atoms with Crippen LogP contribution >= 0.6 is 0 Å². The molecule has 0 fully saturated rings. The van der Waals surface area contributed by atoms with E-state index < -0.39 is 47.0 Å². The van der Waals surface area contributed by atoms with Gasteiger partial charge in [-0.15, -0.1) is 0 Å². The fourth-order valence-corrected chi connectivity index (χ4v) is 4.58. The Hall–Kier alpha value is -2.12. The summed E-state index contributed by atoms with van der Waals surface area (Å²) in [5.41, 5.74) is -2.12. The summed E-state index contributed by atoms with van der Waals surface area (Å²) < 4.78 is 58.6. The van der Waals surface area contributed by atoms with E-state index in [0.29, 0.717) is 24.6 Å². The molecule has 0 aliphatic carbocycles. The van der Waals surface area contributed by atoms with Gasteiger partial charge in [0, 0.05) is 0 Å². The first kappa shape index (κ1) is 34.9. The highest BCUT2D eigenvalue weighted by Crippen LogP contribution is 2.32. The van der Waals surface area contributed by atoms with Gasteiger partial charge in [0.05, 0.1) is 17.7 Å². The number of alkyl halides is 3. The van der Waals surface area contributed by atoms with Crippen LogP contribution in [-0.4, -0.2) is 24.5 Å². The molecule has 1 aromatic carbocycles. The van der Waals surface area contributed by atoms with Crippen LogP contribution in [0.1, 0.15) is 139 Å². The highest BCUT2D eigenvalue weighted by Gasteiger charge is 2.36. The molecule has 0 bridgehead atoms. The summed E-state index contributed by atoms with van der Waals surface area (Å²) >= 11 is 0. The summed E-state index contributed by atoms with van der Waals surface area (Å²) in [6.45, 7) is 5.73. The van der Waals surface area contributed by atoms with Crippen LogP contribution in [-0.2, 0) is 15.7 Å². The Labute approximate surface area is 232 Å². The maximum absolute atomic E-state index is 13.6. The number of ether oxygens (including phenoxy) is 1. The largest absolute Gasteiger partial charge is 0.464 e. The van der Waals surface area contributed by atoms with E-state index in [1.54, 1.807) is 13.8 Å². The minimum Gasteiger partial charge on any atom is -0.464 e. The zero-order valence-electron chi connectivity index (χ0n) is 24.1. The number of carbonyl (C=O) groups excluding carboxylic acids is 2. The quantitative estimate of drug-likeness (QED) is 0.0927. The van der Waals surface area contributed by atoms with E-state index in [2.05, 4.69) is 12.2 Å². The van der Waals surface area contributed by atoms with E-state index in [1.807, 2.05) is 0 Å². The molecule has 0 heterocycles. The fourth-order valence-electron chi connectivity index (χ4n) is 4.58. The van der Waals surface area contributed by atoms with Crippen LogP contribution in [0.15, 0.2) is 18.2 Å². The molecule has 8 heteroatoms. The van der Waals surface area contributed by atoms with Gasteiger partial charge in [0.25, 0.3) is 5.91 Å². The van der Waals surface area contributed by atoms with Gasteiger partial charge in [-0.25, -0.2) is 9.18 Å². The molecule has 1 amide bonds. The van der Waals surface area contributed by atoms with Gasteiger partial charge in [-0.2, -0.15) is 13.2 Å².